The Hall–Kier alpha value is -3.24. The summed E-state index contributed by atoms with van der Waals surface area (Å²) in [4.78, 5) is 16.1. The van der Waals surface area contributed by atoms with Crippen LogP contribution in [-0.4, -0.2) is 33.1 Å². The second-order valence-electron chi connectivity index (χ2n) is 6.19. The molecule has 8 nitrogen and oxygen atoms in total. The quantitative estimate of drug-likeness (QED) is 0.567. The number of ether oxygens (including phenoxy) is 2. The van der Waals surface area contributed by atoms with Gasteiger partial charge in [0, 0.05) is 11.1 Å². The molecular weight excluding hydrogens is 415 g/mol. The average molecular weight is 434 g/mol. The summed E-state index contributed by atoms with van der Waals surface area (Å²) < 4.78 is 52.8. The second-order valence-corrected chi connectivity index (χ2v) is 7.75. The Morgan fingerprint density at radius 2 is 1.83 bits per heavy atom. The van der Waals surface area contributed by atoms with E-state index in [4.69, 9.17) is 19.0 Å². The van der Waals surface area contributed by atoms with Crippen molar-refractivity contribution in [2.45, 2.75) is 18.2 Å². The number of oxazole rings is 1. The number of primary sulfonamides is 1. The molecule has 0 aliphatic heterocycles. The van der Waals surface area contributed by atoms with Gasteiger partial charge < -0.3 is 13.9 Å². The molecule has 0 aliphatic rings. The average Bonchev–Trinajstić information content (AvgIpc) is 3.11. The topological polar surface area (TPSA) is 122 Å². The van der Waals surface area contributed by atoms with Crippen molar-refractivity contribution in [2.24, 2.45) is 5.14 Å². The highest BCUT2D eigenvalue weighted by molar-refractivity contribution is 7.89. The molecule has 0 amide bonds. The summed E-state index contributed by atoms with van der Waals surface area (Å²) in [6, 6.07) is 9.87. The van der Waals surface area contributed by atoms with E-state index in [1.165, 1.54) is 43.5 Å². The van der Waals surface area contributed by atoms with E-state index in [0.29, 0.717) is 11.1 Å². The van der Waals surface area contributed by atoms with Crippen LogP contribution in [0.25, 0.3) is 22.6 Å². The molecular formula is C20H19FN2O6S. The Morgan fingerprint density at radius 1 is 1.17 bits per heavy atom. The van der Waals surface area contributed by atoms with E-state index < -0.39 is 21.8 Å². The molecule has 0 spiro atoms. The number of esters is 1. The van der Waals surface area contributed by atoms with E-state index in [1.54, 1.807) is 13.0 Å². The smallest absolute Gasteiger partial charge is 0.315 e. The van der Waals surface area contributed by atoms with Crippen LogP contribution in [0.2, 0.25) is 0 Å². The molecule has 3 rings (SSSR count). The molecule has 2 aromatic carbocycles. The van der Waals surface area contributed by atoms with Gasteiger partial charge in [0.05, 0.1) is 18.6 Å². The minimum absolute atomic E-state index is 0.0630. The van der Waals surface area contributed by atoms with E-state index in [1.807, 2.05) is 0 Å². The Kier molecular flexibility index (Phi) is 6.18. The Balaban J connectivity index is 2.09. The van der Waals surface area contributed by atoms with Crippen LogP contribution in [0.15, 0.2) is 51.8 Å². The van der Waals surface area contributed by atoms with Crippen molar-refractivity contribution >= 4 is 16.0 Å². The summed E-state index contributed by atoms with van der Waals surface area (Å²) in [7, 11) is -2.51. The van der Waals surface area contributed by atoms with Crippen LogP contribution in [0.1, 0.15) is 12.8 Å². The van der Waals surface area contributed by atoms with Gasteiger partial charge in [-0.05, 0) is 49.4 Å². The minimum atomic E-state index is -3.87. The fourth-order valence-electron chi connectivity index (χ4n) is 2.78. The van der Waals surface area contributed by atoms with E-state index in [2.05, 4.69) is 4.98 Å². The van der Waals surface area contributed by atoms with Gasteiger partial charge in [0.25, 0.3) is 0 Å². The number of rotatable bonds is 7. The number of benzene rings is 2. The summed E-state index contributed by atoms with van der Waals surface area (Å²) in [5.74, 6) is -0.749. The maximum absolute atomic E-state index is 14.2. The largest absolute Gasteiger partial charge is 0.494 e. The molecule has 0 radical (unpaired) electrons. The molecule has 0 atom stereocenters. The zero-order valence-electron chi connectivity index (χ0n) is 16.2. The summed E-state index contributed by atoms with van der Waals surface area (Å²) in [5, 5.41) is 5.13. The molecule has 0 saturated carbocycles. The Bertz CT molecular complexity index is 1170. The van der Waals surface area contributed by atoms with Crippen LogP contribution < -0.4 is 9.88 Å². The molecule has 2 N–H and O–H groups in total. The van der Waals surface area contributed by atoms with Gasteiger partial charge >= 0.3 is 5.97 Å². The zero-order valence-corrected chi connectivity index (χ0v) is 17.0. The predicted molar refractivity (Wildman–Crippen MR) is 106 cm³/mol. The highest BCUT2D eigenvalue weighted by Crippen LogP contribution is 2.35. The number of carbonyl (C=O) groups is 1. The molecule has 3 aromatic rings. The first kappa shape index (κ1) is 21.5. The normalized spacial score (nSPS) is 11.3. The molecule has 0 saturated heterocycles. The number of hydrogen-bond donors (Lipinski definition) is 1. The SMILES string of the molecule is CCOC(=O)Cc1nc(-c2ccc(OC)c(F)c2)c(-c2ccc(S(N)(=O)=O)cc2)o1. The summed E-state index contributed by atoms with van der Waals surface area (Å²) in [6.07, 6.45) is -0.214. The lowest BCUT2D eigenvalue weighted by Gasteiger charge is -2.05. The minimum Gasteiger partial charge on any atom is -0.494 e. The summed E-state index contributed by atoms with van der Waals surface area (Å²) in [6.45, 7) is 1.88. The predicted octanol–water partition coefficient (Wildman–Crippen LogP) is 2.91. The maximum Gasteiger partial charge on any atom is 0.315 e. The van der Waals surface area contributed by atoms with Gasteiger partial charge in [-0.1, -0.05) is 0 Å². The van der Waals surface area contributed by atoms with Gasteiger partial charge in [-0.25, -0.2) is 22.9 Å². The number of sulfonamides is 1. The van der Waals surface area contributed by atoms with Crippen LogP contribution in [0, 0.1) is 5.82 Å². The molecule has 1 heterocycles. The molecule has 30 heavy (non-hydrogen) atoms. The van der Waals surface area contributed by atoms with Crippen molar-refractivity contribution in [1.29, 1.82) is 0 Å². The molecule has 1 aromatic heterocycles. The van der Waals surface area contributed by atoms with Gasteiger partial charge in [-0.15, -0.1) is 0 Å². The fraction of sp³-hybridized carbons (Fsp3) is 0.200. The van der Waals surface area contributed by atoms with E-state index in [-0.39, 0.29) is 41.0 Å². The number of nitrogens with zero attached hydrogens (tertiary/aromatic N) is 1. The highest BCUT2D eigenvalue weighted by atomic mass is 32.2. The van der Waals surface area contributed by atoms with Gasteiger partial charge in [0.1, 0.15) is 12.1 Å². The first-order valence-electron chi connectivity index (χ1n) is 8.85. The second kappa shape index (κ2) is 8.64. The Labute approximate surface area is 172 Å². The van der Waals surface area contributed by atoms with Gasteiger partial charge in [0.2, 0.25) is 15.9 Å². The first-order valence-corrected chi connectivity index (χ1v) is 10.4. The molecule has 0 fully saturated rings. The third-order valence-corrected chi connectivity index (χ3v) is 5.07. The van der Waals surface area contributed by atoms with Gasteiger partial charge in [0.15, 0.2) is 17.3 Å². The first-order chi connectivity index (χ1) is 14.2. The monoisotopic (exact) mass is 434 g/mol. The lowest BCUT2D eigenvalue weighted by atomic mass is 10.1. The number of methoxy groups -OCH3 is 1. The third-order valence-electron chi connectivity index (χ3n) is 4.14. The highest BCUT2D eigenvalue weighted by Gasteiger charge is 2.21. The lowest BCUT2D eigenvalue weighted by Crippen LogP contribution is -2.11. The third kappa shape index (κ3) is 4.66. The number of nitrogens with two attached hydrogens (primary N) is 1. The number of carbonyl (C=O) groups excluding carboxylic acids is 1. The van der Waals surface area contributed by atoms with Crippen molar-refractivity contribution in [3.05, 3.63) is 54.2 Å². The van der Waals surface area contributed by atoms with Crippen LogP contribution >= 0.6 is 0 Å². The van der Waals surface area contributed by atoms with E-state index >= 15 is 0 Å². The lowest BCUT2D eigenvalue weighted by molar-refractivity contribution is -0.142. The number of hydrogen-bond acceptors (Lipinski definition) is 7. The fourth-order valence-corrected chi connectivity index (χ4v) is 3.29. The zero-order chi connectivity index (χ0) is 21.9. The number of halogens is 1. The molecule has 0 aliphatic carbocycles. The van der Waals surface area contributed by atoms with Crippen molar-refractivity contribution in [3.63, 3.8) is 0 Å². The van der Waals surface area contributed by atoms with Gasteiger partial charge in [-0.3, -0.25) is 4.79 Å². The molecule has 158 valence electrons. The van der Waals surface area contributed by atoms with Crippen molar-refractivity contribution in [1.82, 2.24) is 4.98 Å². The van der Waals surface area contributed by atoms with Crippen LogP contribution in [0.3, 0.4) is 0 Å². The molecule has 10 heteroatoms. The van der Waals surface area contributed by atoms with Crippen LogP contribution in [-0.2, 0) is 26.0 Å². The summed E-state index contributed by atoms with van der Waals surface area (Å²) in [5.41, 5.74) is 1.13. The van der Waals surface area contributed by atoms with E-state index in [0.717, 1.165) is 0 Å². The van der Waals surface area contributed by atoms with Crippen LogP contribution in [0.4, 0.5) is 4.39 Å². The van der Waals surface area contributed by atoms with Gasteiger partial charge in [-0.2, -0.15) is 0 Å². The van der Waals surface area contributed by atoms with Crippen molar-refractivity contribution < 1.29 is 31.5 Å². The maximum atomic E-state index is 14.2. The van der Waals surface area contributed by atoms with E-state index in [9.17, 15) is 17.6 Å². The summed E-state index contributed by atoms with van der Waals surface area (Å²) >= 11 is 0. The van der Waals surface area contributed by atoms with Crippen molar-refractivity contribution in [2.75, 3.05) is 13.7 Å². The standard InChI is InChI=1S/C20H19FN2O6S/c1-3-28-18(24)11-17-23-19(13-6-9-16(27-2)15(21)10-13)20(29-17)12-4-7-14(8-5-12)30(22,25)26/h4-10H,3,11H2,1-2H3,(H2,22,25,26). The molecule has 0 bridgehead atoms. The molecule has 0 unspecified atom stereocenters. The Morgan fingerprint density at radius 3 is 2.40 bits per heavy atom. The number of aromatic nitrogens is 1. The van der Waals surface area contributed by atoms with Crippen LogP contribution in [0.5, 0.6) is 5.75 Å². The van der Waals surface area contributed by atoms with Crippen molar-refractivity contribution in [3.8, 4) is 28.3 Å².